The molecule has 0 aromatic heterocycles. The van der Waals surface area contributed by atoms with E-state index in [9.17, 15) is 9.59 Å². The molecule has 1 aliphatic heterocycles. The summed E-state index contributed by atoms with van der Waals surface area (Å²) >= 11 is 5.87. The zero-order valence-corrected chi connectivity index (χ0v) is 16.0. The van der Waals surface area contributed by atoms with E-state index in [1.165, 1.54) is 14.2 Å². The predicted octanol–water partition coefficient (Wildman–Crippen LogP) is 2.96. The van der Waals surface area contributed by atoms with E-state index >= 15 is 0 Å². The zero-order chi connectivity index (χ0) is 19.4. The molecule has 27 heavy (non-hydrogen) atoms. The van der Waals surface area contributed by atoms with Crippen molar-refractivity contribution in [2.24, 2.45) is 0 Å². The van der Waals surface area contributed by atoms with Crippen molar-refractivity contribution in [2.45, 2.75) is 0 Å². The molecule has 0 saturated carbocycles. The van der Waals surface area contributed by atoms with E-state index in [0.717, 1.165) is 0 Å². The number of ether oxygens (including phenoxy) is 2. The number of hydrogen-bond acceptors (Lipinski definition) is 4. The summed E-state index contributed by atoms with van der Waals surface area (Å²) in [5.41, 5.74) is 1.04. The highest BCUT2D eigenvalue weighted by Crippen LogP contribution is 2.31. The second-order valence-corrected chi connectivity index (χ2v) is 6.57. The molecule has 3 rings (SSSR count). The summed E-state index contributed by atoms with van der Waals surface area (Å²) in [6.45, 7) is 1.86. The monoisotopic (exact) mass is 388 g/mol. The van der Waals surface area contributed by atoms with Gasteiger partial charge in [-0.2, -0.15) is 0 Å². The third kappa shape index (κ3) is 4.01. The molecule has 1 heterocycles. The molecule has 1 fully saturated rings. The Labute approximate surface area is 163 Å². The van der Waals surface area contributed by atoms with Gasteiger partial charge in [0.2, 0.25) is 0 Å². The molecule has 2 aromatic carbocycles. The Hall–Kier alpha value is -2.73. The lowest BCUT2D eigenvalue weighted by molar-refractivity contribution is 0.0533. The van der Waals surface area contributed by atoms with Gasteiger partial charge in [-0.05, 0) is 36.4 Å². The quantitative estimate of drug-likeness (QED) is 0.808. The van der Waals surface area contributed by atoms with Crippen LogP contribution < -0.4 is 9.47 Å². The summed E-state index contributed by atoms with van der Waals surface area (Å²) in [5, 5.41) is 0.592. The van der Waals surface area contributed by atoms with Gasteiger partial charge in [0, 0.05) is 36.8 Å². The standard InChI is InChI=1S/C20H21ClN2O4/c1-26-17-5-3-4-16(18(17)27-2)20(25)23-12-10-22(11-13-23)19(24)14-6-8-15(21)9-7-14/h3-9H,10-13H2,1-2H3. The van der Waals surface area contributed by atoms with Crippen LogP contribution in [0.15, 0.2) is 42.5 Å². The predicted molar refractivity (Wildman–Crippen MR) is 103 cm³/mol. The number of benzene rings is 2. The maximum absolute atomic E-state index is 12.9. The van der Waals surface area contributed by atoms with Crippen LogP contribution >= 0.6 is 11.6 Å². The average Bonchev–Trinajstić information content (AvgIpc) is 2.72. The smallest absolute Gasteiger partial charge is 0.257 e. The molecule has 7 heteroatoms. The maximum Gasteiger partial charge on any atom is 0.257 e. The van der Waals surface area contributed by atoms with Crippen molar-refractivity contribution in [3.05, 3.63) is 58.6 Å². The molecule has 142 valence electrons. The Kier molecular flexibility index (Phi) is 5.86. The number of methoxy groups -OCH3 is 2. The second kappa shape index (κ2) is 8.31. The largest absolute Gasteiger partial charge is 0.493 e. The molecule has 2 amide bonds. The summed E-state index contributed by atoms with van der Waals surface area (Å²) < 4.78 is 10.6. The first-order valence-corrected chi connectivity index (χ1v) is 8.98. The van der Waals surface area contributed by atoms with E-state index in [4.69, 9.17) is 21.1 Å². The average molecular weight is 389 g/mol. The molecule has 0 aliphatic carbocycles. The van der Waals surface area contributed by atoms with Crippen molar-refractivity contribution in [1.29, 1.82) is 0 Å². The Bertz CT molecular complexity index is 830. The summed E-state index contributed by atoms with van der Waals surface area (Å²) in [7, 11) is 3.05. The molecule has 0 bridgehead atoms. The zero-order valence-electron chi connectivity index (χ0n) is 15.3. The molecule has 0 N–H and O–H groups in total. The van der Waals surface area contributed by atoms with Crippen LogP contribution in [0.2, 0.25) is 5.02 Å². The van der Waals surface area contributed by atoms with E-state index in [-0.39, 0.29) is 11.8 Å². The lowest BCUT2D eigenvalue weighted by Gasteiger charge is -2.35. The van der Waals surface area contributed by atoms with E-state index in [1.54, 1.807) is 52.3 Å². The molecule has 0 unspecified atom stereocenters. The number of carbonyl (C=O) groups is 2. The highest BCUT2D eigenvalue weighted by molar-refractivity contribution is 6.30. The summed E-state index contributed by atoms with van der Waals surface area (Å²) in [5.74, 6) is 0.742. The van der Waals surface area contributed by atoms with Gasteiger partial charge in [-0.25, -0.2) is 0 Å². The molecule has 1 aliphatic rings. The highest BCUT2D eigenvalue weighted by Gasteiger charge is 2.27. The topological polar surface area (TPSA) is 59.1 Å². The van der Waals surface area contributed by atoms with E-state index in [2.05, 4.69) is 0 Å². The Balaban J connectivity index is 1.68. The first-order chi connectivity index (χ1) is 13.0. The third-order valence-electron chi connectivity index (χ3n) is 4.58. The summed E-state index contributed by atoms with van der Waals surface area (Å²) in [6, 6.07) is 12.0. The van der Waals surface area contributed by atoms with Crippen molar-refractivity contribution in [2.75, 3.05) is 40.4 Å². The van der Waals surface area contributed by atoms with E-state index < -0.39 is 0 Å². The van der Waals surface area contributed by atoms with E-state index in [1.807, 2.05) is 0 Å². The minimum atomic E-state index is -0.135. The van der Waals surface area contributed by atoms with Crippen molar-refractivity contribution in [3.8, 4) is 11.5 Å². The number of rotatable bonds is 4. The molecule has 6 nitrogen and oxygen atoms in total. The number of halogens is 1. The van der Waals surface area contributed by atoms with Gasteiger partial charge < -0.3 is 19.3 Å². The Morgan fingerprint density at radius 1 is 0.852 bits per heavy atom. The van der Waals surface area contributed by atoms with Gasteiger partial charge in [0.05, 0.1) is 19.8 Å². The lowest BCUT2D eigenvalue weighted by atomic mass is 10.1. The fraction of sp³-hybridized carbons (Fsp3) is 0.300. The molecule has 1 saturated heterocycles. The Morgan fingerprint density at radius 3 is 2.00 bits per heavy atom. The van der Waals surface area contributed by atoms with Gasteiger partial charge in [-0.3, -0.25) is 9.59 Å². The SMILES string of the molecule is COc1cccc(C(=O)N2CCN(C(=O)c3ccc(Cl)cc3)CC2)c1OC. The van der Waals surface area contributed by atoms with Crippen LogP contribution in [-0.4, -0.2) is 62.0 Å². The van der Waals surface area contributed by atoms with Gasteiger partial charge in [-0.1, -0.05) is 17.7 Å². The number of para-hydroxylation sites is 1. The summed E-state index contributed by atoms with van der Waals surface area (Å²) in [6.07, 6.45) is 0. The van der Waals surface area contributed by atoms with Crippen LogP contribution in [-0.2, 0) is 0 Å². The number of carbonyl (C=O) groups excluding carboxylic acids is 2. The van der Waals surface area contributed by atoms with Gasteiger partial charge in [0.15, 0.2) is 11.5 Å². The fourth-order valence-electron chi connectivity index (χ4n) is 3.11. The van der Waals surface area contributed by atoms with Crippen molar-refractivity contribution >= 4 is 23.4 Å². The Morgan fingerprint density at radius 2 is 1.44 bits per heavy atom. The van der Waals surface area contributed by atoms with Gasteiger partial charge in [0.1, 0.15) is 0 Å². The van der Waals surface area contributed by atoms with Crippen LogP contribution in [0, 0.1) is 0 Å². The van der Waals surface area contributed by atoms with Crippen LogP contribution in [0.25, 0.3) is 0 Å². The van der Waals surface area contributed by atoms with Crippen LogP contribution in [0.3, 0.4) is 0 Å². The molecule has 2 aromatic rings. The minimum Gasteiger partial charge on any atom is -0.493 e. The number of piperazine rings is 1. The normalized spacial score (nSPS) is 14.0. The van der Waals surface area contributed by atoms with Gasteiger partial charge >= 0.3 is 0 Å². The number of hydrogen-bond donors (Lipinski definition) is 0. The van der Waals surface area contributed by atoms with Crippen molar-refractivity contribution in [1.82, 2.24) is 9.80 Å². The van der Waals surface area contributed by atoms with Crippen molar-refractivity contribution < 1.29 is 19.1 Å². The van der Waals surface area contributed by atoms with Gasteiger partial charge in [-0.15, -0.1) is 0 Å². The molecular weight excluding hydrogens is 368 g/mol. The van der Waals surface area contributed by atoms with Gasteiger partial charge in [0.25, 0.3) is 11.8 Å². The van der Waals surface area contributed by atoms with E-state index in [0.29, 0.717) is 53.8 Å². The molecule has 0 spiro atoms. The molecular formula is C20H21ClN2O4. The molecule has 0 radical (unpaired) electrons. The number of amides is 2. The maximum atomic E-state index is 12.9. The number of nitrogens with zero attached hydrogens (tertiary/aromatic N) is 2. The first kappa shape index (κ1) is 19.0. The van der Waals surface area contributed by atoms with Crippen LogP contribution in [0.4, 0.5) is 0 Å². The first-order valence-electron chi connectivity index (χ1n) is 8.60. The molecule has 0 atom stereocenters. The van der Waals surface area contributed by atoms with Crippen molar-refractivity contribution in [3.63, 3.8) is 0 Å². The highest BCUT2D eigenvalue weighted by atomic mass is 35.5. The second-order valence-electron chi connectivity index (χ2n) is 6.13. The minimum absolute atomic E-state index is 0.0577. The summed E-state index contributed by atoms with van der Waals surface area (Å²) in [4.78, 5) is 29.0. The van der Waals surface area contributed by atoms with Crippen LogP contribution in [0.1, 0.15) is 20.7 Å². The fourth-order valence-corrected chi connectivity index (χ4v) is 3.24. The van der Waals surface area contributed by atoms with Crippen LogP contribution in [0.5, 0.6) is 11.5 Å². The lowest BCUT2D eigenvalue weighted by Crippen LogP contribution is -2.50. The third-order valence-corrected chi connectivity index (χ3v) is 4.83.